The van der Waals surface area contributed by atoms with Crippen LogP contribution >= 0.6 is 0 Å². The lowest BCUT2D eigenvalue weighted by atomic mass is 9.52. The maximum absolute atomic E-state index is 13.0. The van der Waals surface area contributed by atoms with Gasteiger partial charge in [0.15, 0.2) is 0 Å². The number of hydrogen-bond acceptors (Lipinski definition) is 3. The van der Waals surface area contributed by atoms with E-state index < -0.39 is 53.6 Å². The first-order chi connectivity index (χ1) is 20.4. The highest BCUT2D eigenvalue weighted by molar-refractivity contribution is 7.84. The van der Waals surface area contributed by atoms with Crippen LogP contribution in [0.1, 0.15) is 118 Å². The summed E-state index contributed by atoms with van der Waals surface area (Å²) in [6, 6.07) is 5.57. The first-order valence-electron chi connectivity index (χ1n) is 16.7. The van der Waals surface area contributed by atoms with E-state index in [0.717, 1.165) is 63.4 Å². The lowest BCUT2D eigenvalue weighted by Crippen LogP contribution is -2.47. The Morgan fingerprint density at radius 2 is 1.68 bits per heavy atom. The Hall–Kier alpha value is -1.22. The number of unbranched alkanes of at least 4 members (excludes halogenated alkanes) is 6. The molecule has 0 aliphatic heterocycles. The molecule has 7 atom stereocenters. The molecule has 4 rings (SSSR count). The molecule has 0 saturated heterocycles. The van der Waals surface area contributed by atoms with Crippen molar-refractivity contribution in [2.24, 2.45) is 23.2 Å². The normalized spacial score (nSPS) is 34.6. The largest absolute Gasteiger partial charge is 0.508 e. The van der Waals surface area contributed by atoms with Crippen LogP contribution in [0.3, 0.4) is 0 Å². The SMILES string of the molecule is [2H]C1([2H])C[C@H]2[C@@H]3[C@H](CCCCCCCCCS(=O)CCCC(F)(F)C(F)(F)F)Cc4cc(O)ccc4[C@H]3CC[C@]2(C)[C@]1([2H])O. The van der Waals surface area contributed by atoms with Crippen LogP contribution in [-0.4, -0.2) is 44.1 Å². The van der Waals surface area contributed by atoms with Crippen LogP contribution in [0.25, 0.3) is 0 Å². The van der Waals surface area contributed by atoms with Crippen molar-refractivity contribution in [2.45, 2.75) is 127 Å². The number of aromatic hydroxyl groups is 1. The third-order valence-corrected chi connectivity index (χ3v) is 11.5. The number of hydrogen-bond donors (Lipinski definition) is 2. The molecule has 0 bridgehead atoms. The second kappa shape index (κ2) is 13.6. The fraction of sp³-hybridized carbons (Fsp3) is 0.812. The van der Waals surface area contributed by atoms with Gasteiger partial charge >= 0.3 is 12.1 Å². The van der Waals surface area contributed by atoms with E-state index in [1.54, 1.807) is 6.07 Å². The molecular formula is C32H47F5O3S. The highest BCUT2D eigenvalue weighted by Gasteiger charge is 2.57. The number of phenols is 1. The second-order valence-corrected chi connectivity index (χ2v) is 14.4. The van der Waals surface area contributed by atoms with E-state index >= 15 is 0 Å². The zero-order valence-corrected chi connectivity index (χ0v) is 24.8. The second-order valence-electron chi connectivity index (χ2n) is 12.7. The number of phenolic OH excluding ortho intramolecular Hbond substituents is 1. The van der Waals surface area contributed by atoms with Crippen molar-refractivity contribution in [1.29, 1.82) is 0 Å². The Balaban J connectivity index is 1.22. The Morgan fingerprint density at radius 3 is 2.39 bits per heavy atom. The molecule has 234 valence electrons. The smallest absolute Gasteiger partial charge is 0.453 e. The van der Waals surface area contributed by atoms with Crippen LogP contribution in [0.5, 0.6) is 5.75 Å². The molecule has 41 heavy (non-hydrogen) atoms. The first kappa shape index (κ1) is 28.5. The topological polar surface area (TPSA) is 57.5 Å². The number of fused-ring (bicyclic) bond motifs is 5. The molecule has 2 saturated carbocycles. The van der Waals surface area contributed by atoms with Crippen molar-refractivity contribution in [2.75, 3.05) is 11.5 Å². The molecule has 0 heterocycles. The summed E-state index contributed by atoms with van der Waals surface area (Å²) in [6.45, 7) is 1.90. The lowest BCUT2D eigenvalue weighted by molar-refractivity contribution is -0.284. The Labute approximate surface area is 248 Å². The molecule has 1 aromatic carbocycles. The van der Waals surface area contributed by atoms with Gasteiger partial charge in [-0.3, -0.25) is 4.21 Å². The summed E-state index contributed by atoms with van der Waals surface area (Å²) in [6.07, 6.45) is -1.70. The minimum absolute atomic E-state index is 0.0996. The third-order valence-electron chi connectivity index (χ3n) is 10.0. The summed E-state index contributed by atoms with van der Waals surface area (Å²) < 4.78 is 100. The van der Waals surface area contributed by atoms with Crippen molar-refractivity contribution in [1.82, 2.24) is 0 Å². The molecule has 2 fully saturated rings. The van der Waals surface area contributed by atoms with Crippen molar-refractivity contribution < 1.29 is 40.5 Å². The van der Waals surface area contributed by atoms with Gasteiger partial charge in [0, 0.05) is 31.5 Å². The standard InChI is InChI=1S/C32H47F5O3S/c1-30-17-15-26-25-12-11-24(38)21-23(25)20-22(29(26)27(30)13-14-28(30)39)10-7-5-3-2-4-6-8-18-41(40)19-9-16-31(33,34)32(35,36)37/h11-12,21-22,26-29,38-39H,2-10,13-20H2,1H3/t22-,26-,27+,28-,29-,30+,41?/m1/s1/i14D2,28D. The van der Waals surface area contributed by atoms with Gasteiger partial charge in [-0.15, -0.1) is 0 Å². The van der Waals surface area contributed by atoms with Gasteiger partial charge in [-0.2, -0.15) is 22.0 Å². The zero-order valence-electron chi connectivity index (χ0n) is 27.0. The minimum atomic E-state index is -5.57. The predicted octanol–water partition coefficient (Wildman–Crippen LogP) is 8.68. The molecule has 0 amide bonds. The van der Waals surface area contributed by atoms with Crippen LogP contribution < -0.4 is 0 Å². The number of rotatable bonds is 14. The molecule has 0 spiro atoms. The predicted molar refractivity (Wildman–Crippen MR) is 153 cm³/mol. The van der Waals surface area contributed by atoms with E-state index in [-0.39, 0.29) is 41.6 Å². The molecule has 1 unspecified atom stereocenters. The molecule has 3 nitrogen and oxygen atoms in total. The van der Waals surface area contributed by atoms with E-state index in [4.69, 9.17) is 4.11 Å². The number of aliphatic hydroxyl groups is 1. The monoisotopic (exact) mass is 609 g/mol. The van der Waals surface area contributed by atoms with Crippen molar-refractivity contribution in [3.8, 4) is 5.75 Å². The van der Waals surface area contributed by atoms with Crippen molar-refractivity contribution in [3.05, 3.63) is 29.3 Å². The minimum Gasteiger partial charge on any atom is -0.508 e. The highest BCUT2D eigenvalue weighted by Crippen LogP contribution is 2.62. The van der Waals surface area contributed by atoms with Gasteiger partial charge in [0.1, 0.15) is 5.75 Å². The molecule has 0 radical (unpaired) electrons. The summed E-state index contributed by atoms with van der Waals surface area (Å²) >= 11 is 0. The maximum Gasteiger partial charge on any atom is 0.453 e. The van der Waals surface area contributed by atoms with Gasteiger partial charge < -0.3 is 10.2 Å². The fourth-order valence-electron chi connectivity index (χ4n) is 7.72. The maximum atomic E-state index is 13.0. The summed E-state index contributed by atoms with van der Waals surface area (Å²) in [5, 5.41) is 21.3. The average molecular weight is 610 g/mol. The number of benzene rings is 1. The van der Waals surface area contributed by atoms with E-state index in [1.165, 1.54) is 5.56 Å². The van der Waals surface area contributed by atoms with Crippen LogP contribution in [-0.2, 0) is 17.2 Å². The quantitative estimate of drug-likeness (QED) is 0.164. The molecule has 9 heteroatoms. The molecule has 0 aromatic heterocycles. The van der Waals surface area contributed by atoms with E-state index in [0.29, 0.717) is 18.6 Å². The van der Waals surface area contributed by atoms with E-state index in [9.17, 15) is 36.4 Å². The average Bonchev–Trinajstić information content (AvgIpc) is 3.06. The van der Waals surface area contributed by atoms with Gasteiger partial charge in [-0.05, 0) is 104 Å². The highest BCUT2D eigenvalue weighted by atomic mass is 32.2. The summed E-state index contributed by atoms with van der Waals surface area (Å²) in [5.74, 6) is -3.77. The molecule has 2 N–H and O–H groups in total. The molecule has 3 aliphatic carbocycles. The van der Waals surface area contributed by atoms with Crippen LogP contribution in [0.2, 0.25) is 0 Å². The van der Waals surface area contributed by atoms with Crippen molar-refractivity contribution >= 4 is 10.8 Å². The zero-order chi connectivity index (χ0) is 32.6. The van der Waals surface area contributed by atoms with E-state index in [2.05, 4.69) is 0 Å². The Bertz CT molecular complexity index is 1160. The summed E-state index contributed by atoms with van der Waals surface area (Å²) in [4.78, 5) is 0. The fourth-order valence-corrected chi connectivity index (χ4v) is 8.91. The van der Waals surface area contributed by atoms with Crippen LogP contribution in [0.4, 0.5) is 22.0 Å². The number of alkyl halides is 5. The van der Waals surface area contributed by atoms with Gasteiger partial charge in [-0.1, -0.05) is 51.5 Å². The van der Waals surface area contributed by atoms with Gasteiger partial charge in [-0.25, -0.2) is 0 Å². The molecular weight excluding hydrogens is 559 g/mol. The van der Waals surface area contributed by atoms with Gasteiger partial charge in [0.2, 0.25) is 0 Å². The molecule has 3 aliphatic rings. The van der Waals surface area contributed by atoms with Crippen LogP contribution in [0.15, 0.2) is 18.2 Å². The lowest BCUT2D eigenvalue weighted by Gasteiger charge is -2.53. The van der Waals surface area contributed by atoms with Gasteiger partial charge in [0.05, 0.1) is 7.45 Å². The first-order valence-corrected chi connectivity index (χ1v) is 16.7. The van der Waals surface area contributed by atoms with Gasteiger partial charge in [0.25, 0.3) is 0 Å². The Kier molecular flexibility index (Phi) is 9.47. The van der Waals surface area contributed by atoms with Crippen molar-refractivity contribution in [3.63, 3.8) is 0 Å². The molecule has 1 aromatic rings. The van der Waals surface area contributed by atoms with E-state index in [1.807, 2.05) is 19.1 Å². The summed E-state index contributed by atoms with van der Waals surface area (Å²) in [5.41, 5.74) is 1.54. The number of halogens is 5. The third kappa shape index (κ3) is 7.66. The van der Waals surface area contributed by atoms with Crippen LogP contribution in [0, 0.1) is 23.2 Å². The summed E-state index contributed by atoms with van der Waals surface area (Å²) in [7, 11) is -1.40. The Morgan fingerprint density at radius 1 is 1.02 bits per heavy atom.